The highest BCUT2D eigenvalue weighted by Crippen LogP contribution is 2.30. The van der Waals surface area contributed by atoms with Crippen LogP contribution in [0.4, 0.5) is 0 Å². The molecule has 0 radical (unpaired) electrons. The second-order valence-electron chi connectivity index (χ2n) is 4.16. The molecule has 0 aliphatic heterocycles. The van der Waals surface area contributed by atoms with Gasteiger partial charge in [0.05, 0.1) is 6.61 Å². The maximum atomic E-state index is 11.7. The summed E-state index contributed by atoms with van der Waals surface area (Å²) in [7, 11) is 0. The fourth-order valence-electron chi connectivity index (χ4n) is 2.03. The van der Waals surface area contributed by atoms with Gasteiger partial charge in [-0.2, -0.15) is 0 Å². The fourth-order valence-corrected chi connectivity index (χ4v) is 2.03. The van der Waals surface area contributed by atoms with Crippen molar-refractivity contribution in [3.05, 3.63) is 34.6 Å². The SMILES string of the molecule is CCOC(=O)c1oc2ccc(C)c(C)c2c1C.Cl. The second kappa shape index (κ2) is 5.44. The van der Waals surface area contributed by atoms with E-state index in [-0.39, 0.29) is 12.4 Å². The van der Waals surface area contributed by atoms with E-state index >= 15 is 0 Å². The van der Waals surface area contributed by atoms with Gasteiger partial charge < -0.3 is 9.15 Å². The molecule has 0 aliphatic rings. The van der Waals surface area contributed by atoms with Gasteiger partial charge in [-0.3, -0.25) is 0 Å². The van der Waals surface area contributed by atoms with E-state index in [1.54, 1.807) is 6.92 Å². The van der Waals surface area contributed by atoms with Gasteiger partial charge in [-0.15, -0.1) is 12.4 Å². The average molecular weight is 269 g/mol. The summed E-state index contributed by atoms with van der Waals surface area (Å²) in [5.41, 5.74) is 3.95. The van der Waals surface area contributed by atoms with Crippen LogP contribution >= 0.6 is 12.4 Å². The quantitative estimate of drug-likeness (QED) is 0.774. The Bertz CT molecular complexity index is 584. The Labute approximate surface area is 113 Å². The lowest BCUT2D eigenvalue weighted by Gasteiger charge is -2.01. The van der Waals surface area contributed by atoms with Crippen LogP contribution in [0.2, 0.25) is 0 Å². The third kappa shape index (κ3) is 2.23. The van der Waals surface area contributed by atoms with E-state index in [1.165, 1.54) is 5.56 Å². The summed E-state index contributed by atoms with van der Waals surface area (Å²) in [6.45, 7) is 8.11. The van der Waals surface area contributed by atoms with Gasteiger partial charge in [0.15, 0.2) is 0 Å². The Morgan fingerprint density at radius 1 is 1.22 bits per heavy atom. The number of ether oxygens (including phenoxy) is 1. The number of aryl methyl sites for hydroxylation is 3. The molecule has 1 aromatic carbocycles. The van der Waals surface area contributed by atoms with E-state index in [0.29, 0.717) is 12.4 Å². The second-order valence-corrected chi connectivity index (χ2v) is 4.16. The molecule has 0 bridgehead atoms. The number of carbonyl (C=O) groups excluding carboxylic acids is 1. The summed E-state index contributed by atoms with van der Waals surface area (Å²) < 4.78 is 10.6. The van der Waals surface area contributed by atoms with Crippen molar-refractivity contribution in [3.63, 3.8) is 0 Å². The number of hydrogen-bond donors (Lipinski definition) is 0. The van der Waals surface area contributed by atoms with Crippen LogP contribution < -0.4 is 0 Å². The van der Waals surface area contributed by atoms with Gasteiger partial charge in [0, 0.05) is 10.9 Å². The van der Waals surface area contributed by atoms with E-state index < -0.39 is 5.97 Å². The first-order valence-electron chi connectivity index (χ1n) is 5.72. The number of benzene rings is 1. The van der Waals surface area contributed by atoms with Crippen LogP contribution in [-0.2, 0) is 4.74 Å². The van der Waals surface area contributed by atoms with Crippen LogP contribution in [0.1, 0.15) is 34.2 Å². The minimum atomic E-state index is -0.391. The summed E-state index contributed by atoms with van der Waals surface area (Å²) >= 11 is 0. The van der Waals surface area contributed by atoms with Crippen LogP contribution in [0.3, 0.4) is 0 Å². The standard InChI is InChI=1S/C14H16O3.ClH/c1-5-16-14(15)13-10(4)12-9(3)8(2)6-7-11(12)17-13;/h6-7H,5H2,1-4H3;1H. The molecule has 0 N–H and O–H groups in total. The number of hydrogen-bond acceptors (Lipinski definition) is 3. The number of esters is 1. The van der Waals surface area contributed by atoms with Crippen LogP contribution in [0.25, 0.3) is 11.0 Å². The molecule has 0 aliphatic carbocycles. The highest BCUT2D eigenvalue weighted by molar-refractivity contribution is 5.97. The van der Waals surface area contributed by atoms with Crippen LogP contribution in [0.15, 0.2) is 16.5 Å². The average Bonchev–Trinajstić information content (AvgIpc) is 2.62. The van der Waals surface area contributed by atoms with Gasteiger partial charge in [-0.25, -0.2) is 4.79 Å². The zero-order valence-corrected chi connectivity index (χ0v) is 11.8. The van der Waals surface area contributed by atoms with Crippen molar-refractivity contribution < 1.29 is 13.9 Å². The number of furan rings is 1. The topological polar surface area (TPSA) is 39.4 Å². The largest absolute Gasteiger partial charge is 0.460 e. The van der Waals surface area contributed by atoms with Gasteiger partial charge >= 0.3 is 5.97 Å². The maximum absolute atomic E-state index is 11.7. The van der Waals surface area contributed by atoms with E-state index in [0.717, 1.165) is 22.1 Å². The molecule has 98 valence electrons. The van der Waals surface area contributed by atoms with Crippen molar-refractivity contribution in [2.75, 3.05) is 6.61 Å². The molecule has 0 amide bonds. The number of halogens is 1. The Morgan fingerprint density at radius 3 is 2.50 bits per heavy atom. The predicted octanol–water partition coefficient (Wildman–Crippen LogP) is 3.96. The third-order valence-electron chi connectivity index (χ3n) is 3.09. The summed E-state index contributed by atoms with van der Waals surface area (Å²) in [4.78, 5) is 11.7. The fraction of sp³-hybridized carbons (Fsp3) is 0.357. The lowest BCUT2D eigenvalue weighted by molar-refractivity contribution is 0.0491. The minimum absolute atomic E-state index is 0. The van der Waals surface area contributed by atoms with E-state index in [9.17, 15) is 4.79 Å². The molecule has 2 rings (SSSR count). The highest BCUT2D eigenvalue weighted by atomic mass is 35.5. The molecule has 4 heteroatoms. The molecule has 0 unspecified atom stereocenters. The summed E-state index contributed by atoms with van der Waals surface area (Å²) in [6.07, 6.45) is 0. The van der Waals surface area contributed by atoms with Crippen molar-refractivity contribution in [3.8, 4) is 0 Å². The summed E-state index contributed by atoms with van der Waals surface area (Å²) in [5, 5.41) is 1.02. The third-order valence-corrected chi connectivity index (χ3v) is 3.09. The molecular formula is C14H17ClO3. The number of rotatable bonds is 2. The zero-order valence-electron chi connectivity index (χ0n) is 11.0. The molecule has 0 saturated heterocycles. The van der Waals surface area contributed by atoms with Crippen molar-refractivity contribution >= 4 is 29.3 Å². The first kappa shape index (κ1) is 14.6. The molecule has 18 heavy (non-hydrogen) atoms. The molecule has 2 aromatic rings. The molecule has 0 atom stereocenters. The molecule has 0 saturated carbocycles. The molecular weight excluding hydrogens is 252 g/mol. The first-order valence-corrected chi connectivity index (χ1v) is 5.72. The Morgan fingerprint density at radius 2 is 1.89 bits per heavy atom. The lowest BCUT2D eigenvalue weighted by Crippen LogP contribution is -2.04. The van der Waals surface area contributed by atoms with Gasteiger partial charge in [0.1, 0.15) is 5.58 Å². The van der Waals surface area contributed by atoms with Gasteiger partial charge in [0.2, 0.25) is 5.76 Å². The smallest absolute Gasteiger partial charge is 0.374 e. The van der Waals surface area contributed by atoms with E-state index in [1.807, 2.05) is 32.9 Å². The monoisotopic (exact) mass is 268 g/mol. The molecule has 0 fully saturated rings. The summed E-state index contributed by atoms with van der Waals surface area (Å²) in [5.74, 6) is -0.0752. The summed E-state index contributed by atoms with van der Waals surface area (Å²) in [6, 6.07) is 3.89. The Hall–Kier alpha value is -1.48. The molecule has 0 spiro atoms. The number of fused-ring (bicyclic) bond motifs is 1. The van der Waals surface area contributed by atoms with Crippen LogP contribution in [0, 0.1) is 20.8 Å². The van der Waals surface area contributed by atoms with Gasteiger partial charge in [-0.05, 0) is 44.9 Å². The van der Waals surface area contributed by atoms with Crippen molar-refractivity contribution in [1.29, 1.82) is 0 Å². The van der Waals surface area contributed by atoms with E-state index in [4.69, 9.17) is 9.15 Å². The van der Waals surface area contributed by atoms with Crippen molar-refractivity contribution in [2.45, 2.75) is 27.7 Å². The molecule has 1 aromatic heterocycles. The van der Waals surface area contributed by atoms with Gasteiger partial charge in [0.25, 0.3) is 0 Å². The minimum Gasteiger partial charge on any atom is -0.460 e. The maximum Gasteiger partial charge on any atom is 0.374 e. The Balaban J connectivity index is 0.00000162. The van der Waals surface area contributed by atoms with Crippen LogP contribution in [-0.4, -0.2) is 12.6 Å². The van der Waals surface area contributed by atoms with Crippen molar-refractivity contribution in [1.82, 2.24) is 0 Å². The normalized spacial score (nSPS) is 10.2. The Kier molecular flexibility index (Phi) is 4.41. The highest BCUT2D eigenvalue weighted by Gasteiger charge is 2.20. The zero-order chi connectivity index (χ0) is 12.6. The van der Waals surface area contributed by atoms with Gasteiger partial charge in [-0.1, -0.05) is 6.07 Å². The first-order chi connectivity index (χ1) is 8.06. The van der Waals surface area contributed by atoms with E-state index in [2.05, 4.69) is 0 Å². The molecule has 1 heterocycles. The van der Waals surface area contributed by atoms with Crippen molar-refractivity contribution in [2.24, 2.45) is 0 Å². The van der Waals surface area contributed by atoms with Crippen LogP contribution in [0.5, 0.6) is 0 Å². The lowest BCUT2D eigenvalue weighted by atomic mass is 10.0. The number of carbonyl (C=O) groups is 1. The molecule has 3 nitrogen and oxygen atoms in total. The predicted molar refractivity (Wildman–Crippen MR) is 73.6 cm³/mol.